The van der Waals surface area contributed by atoms with Crippen LogP contribution in [0.2, 0.25) is 0 Å². The summed E-state index contributed by atoms with van der Waals surface area (Å²) >= 11 is 0. The molecule has 0 aromatic heterocycles. The fraction of sp³-hybridized carbons (Fsp3) is 0.514. The lowest BCUT2D eigenvalue weighted by atomic mass is 9.62. The van der Waals surface area contributed by atoms with Crippen LogP contribution < -0.4 is 0 Å². The molecule has 2 aromatic carbocycles. The topological polar surface area (TPSA) is 118 Å². The molecule has 2 atom stereocenters. The molecule has 1 aliphatic rings. The minimum Gasteiger partial charge on any atom is -0.507 e. The van der Waals surface area contributed by atoms with Gasteiger partial charge in [-0.05, 0) is 67.2 Å². The molecule has 0 saturated heterocycles. The molecule has 224 valence electrons. The first kappa shape index (κ1) is 32.1. The van der Waals surface area contributed by atoms with Gasteiger partial charge in [0.25, 0.3) is 0 Å². The molecule has 6 heteroatoms. The number of carboxylic acid groups (broad SMARTS) is 1. The van der Waals surface area contributed by atoms with E-state index in [9.17, 15) is 30.3 Å². The number of rotatable bonds is 3. The van der Waals surface area contributed by atoms with Gasteiger partial charge >= 0.3 is 5.97 Å². The van der Waals surface area contributed by atoms with Gasteiger partial charge in [-0.1, -0.05) is 107 Å². The number of aliphatic hydroxyl groups excluding tert-OH is 2. The lowest BCUT2D eigenvalue weighted by molar-refractivity contribution is -0.142. The molecule has 5 N–H and O–H groups in total. The number of hydrogen-bond acceptors (Lipinski definition) is 5. The van der Waals surface area contributed by atoms with Crippen molar-refractivity contribution >= 4 is 5.97 Å². The van der Waals surface area contributed by atoms with Gasteiger partial charge in [-0.2, -0.15) is 0 Å². The largest absolute Gasteiger partial charge is 0.507 e. The highest BCUT2D eigenvalue weighted by Gasteiger charge is 2.50. The third kappa shape index (κ3) is 5.71. The van der Waals surface area contributed by atoms with Crippen molar-refractivity contribution in [2.75, 3.05) is 0 Å². The first-order valence-corrected chi connectivity index (χ1v) is 14.2. The van der Waals surface area contributed by atoms with E-state index in [4.69, 9.17) is 0 Å². The van der Waals surface area contributed by atoms with E-state index in [0.717, 1.165) is 0 Å². The van der Waals surface area contributed by atoms with Crippen LogP contribution in [0.4, 0.5) is 0 Å². The van der Waals surface area contributed by atoms with Gasteiger partial charge in [-0.3, -0.25) is 4.79 Å². The monoisotopic (exact) mass is 564 g/mol. The Morgan fingerprint density at radius 2 is 0.951 bits per heavy atom. The Morgan fingerprint density at radius 1 is 0.610 bits per heavy atom. The SMILES string of the molecule is CC(C)(C)c1cc(C2C=C(O)C(O)=CC2(C(=O)O)c2cc(C(C)(C)C)c(O)c(C(C)(C)C)c2)cc(C(C)(C)C)c1O. The summed E-state index contributed by atoms with van der Waals surface area (Å²) in [5.74, 6) is -2.85. The van der Waals surface area contributed by atoms with Crippen LogP contribution in [0, 0.1) is 0 Å². The summed E-state index contributed by atoms with van der Waals surface area (Å²) in [4.78, 5) is 13.6. The quantitative estimate of drug-likeness (QED) is 0.256. The van der Waals surface area contributed by atoms with Gasteiger partial charge < -0.3 is 25.5 Å². The molecule has 0 bridgehead atoms. The van der Waals surface area contributed by atoms with Gasteiger partial charge in [0.05, 0.1) is 0 Å². The van der Waals surface area contributed by atoms with Crippen LogP contribution >= 0.6 is 0 Å². The van der Waals surface area contributed by atoms with Crippen LogP contribution in [0.25, 0.3) is 0 Å². The van der Waals surface area contributed by atoms with E-state index in [1.807, 2.05) is 95.2 Å². The zero-order valence-electron chi connectivity index (χ0n) is 26.7. The van der Waals surface area contributed by atoms with Crippen LogP contribution in [-0.4, -0.2) is 31.5 Å². The van der Waals surface area contributed by atoms with Gasteiger partial charge in [0.2, 0.25) is 0 Å². The highest BCUT2D eigenvalue weighted by molar-refractivity contribution is 5.88. The summed E-state index contributed by atoms with van der Waals surface area (Å²) in [6, 6.07) is 7.04. The number of aliphatic hydroxyl groups is 2. The zero-order valence-corrected chi connectivity index (χ0v) is 26.7. The third-order valence-corrected chi connectivity index (χ3v) is 8.11. The summed E-state index contributed by atoms with van der Waals surface area (Å²) in [7, 11) is 0. The molecule has 3 rings (SSSR count). The molecule has 1 aliphatic carbocycles. The Bertz CT molecular complexity index is 1360. The summed E-state index contributed by atoms with van der Waals surface area (Å²) < 4.78 is 0. The molecule has 41 heavy (non-hydrogen) atoms. The second-order valence-corrected chi connectivity index (χ2v) is 15.6. The average Bonchev–Trinajstić information content (AvgIpc) is 2.77. The van der Waals surface area contributed by atoms with Crippen molar-refractivity contribution in [3.63, 3.8) is 0 Å². The van der Waals surface area contributed by atoms with E-state index < -0.39 is 50.5 Å². The first-order valence-electron chi connectivity index (χ1n) is 14.2. The van der Waals surface area contributed by atoms with Crippen LogP contribution in [0.1, 0.15) is 122 Å². The van der Waals surface area contributed by atoms with E-state index >= 15 is 0 Å². The van der Waals surface area contributed by atoms with Crippen molar-refractivity contribution in [1.82, 2.24) is 0 Å². The minimum atomic E-state index is -1.84. The number of aromatic hydroxyl groups is 2. The number of carbonyl (C=O) groups is 1. The summed E-state index contributed by atoms with van der Waals surface area (Å²) in [5, 5.41) is 55.4. The standard InChI is InChI=1S/C35H48O6/c1-31(2,3)22-13-19(14-23(28(22)38)32(4,5)6)21-17-26(36)27(37)18-35(21,30(40)41)20-15-24(33(7,8)9)29(39)25(16-20)34(10,11)12/h13-18,21,36-39H,1-12H3,(H,40,41). The van der Waals surface area contributed by atoms with Gasteiger partial charge in [0.15, 0.2) is 11.5 Å². The molecule has 2 unspecified atom stereocenters. The van der Waals surface area contributed by atoms with Gasteiger partial charge in [-0.25, -0.2) is 0 Å². The lowest BCUT2D eigenvalue weighted by Crippen LogP contribution is -2.42. The summed E-state index contributed by atoms with van der Waals surface area (Å²) in [6.45, 7) is 23.6. The number of phenolic OH excluding ortho intramolecular Hbond substituents is 2. The van der Waals surface area contributed by atoms with E-state index in [2.05, 4.69) is 0 Å². The summed E-state index contributed by atoms with van der Waals surface area (Å²) in [5.41, 5.74) is -0.390. The number of phenols is 2. The highest BCUT2D eigenvalue weighted by atomic mass is 16.4. The van der Waals surface area contributed by atoms with Gasteiger partial charge in [0, 0.05) is 5.92 Å². The second-order valence-electron chi connectivity index (χ2n) is 15.6. The lowest BCUT2D eigenvalue weighted by Gasteiger charge is -2.39. The Morgan fingerprint density at radius 3 is 1.27 bits per heavy atom. The maximum absolute atomic E-state index is 13.6. The van der Waals surface area contributed by atoms with Gasteiger partial charge in [-0.15, -0.1) is 0 Å². The maximum atomic E-state index is 13.6. The normalized spacial score (nSPS) is 20.4. The van der Waals surface area contributed by atoms with Crippen molar-refractivity contribution in [2.24, 2.45) is 0 Å². The van der Waals surface area contributed by atoms with Crippen molar-refractivity contribution in [3.05, 3.63) is 81.3 Å². The Balaban J connectivity index is 2.57. The second kappa shape index (κ2) is 9.85. The number of benzene rings is 2. The van der Waals surface area contributed by atoms with Crippen molar-refractivity contribution in [2.45, 2.75) is 116 Å². The molecule has 0 amide bonds. The Hall–Kier alpha value is -3.41. The van der Waals surface area contributed by atoms with Crippen molar-refractivity contribution in [3.8, 4) is 11.5 Å². The maximum Gasteiger partial charge on any atom is 0.319 e. The third-order valence-electron chi connectivity index (χ3n) is 8.11. The van der Waals surface area contributed by atoms with E-state index in [-0.39, 0.29) is 11.5 Å². The molecule has 6 nitrogen and oxygen atoms in total. The number of aliphatic carboxylic acids is 1. The summed E-state index contributed by atoms with van der Waals surface area (Å²) in [6.07, 6.45) is 2.59. The first-order chi connectivity index (χ1) is 18.3. The number of hydrogen-bond donors (Lipinski definition) is 5. The van der Waals surface area contributed by atoms with Gasteiger partial charge in [0.1, 0.15) is 16.9 Å². The Labute approximate surface area is 245 Å². The van der Waals surface area contributed by atoms with Crippen molar-refractivity contribution < 1.29 is 30.3 Å². The van der Waals surface area contributed by atoms with Crippen molar-refractivity contribution in [1.29, 1.82) is 0 Å². The fourth-order valence-corrected chi connectivity index (χ4v) is 5.69. The van der Waals surface area contributed by atoms with E-state index in [1.54, 1.807) is 12.1 Å². The molecule has 0 heterocycles. The number of carboxylic acids is 1. The predicted octanol–water partition coefficient (Wildman–Crippen LogP) is 8.29. The molecule has 0 fully saturated rings. The van der Waals surface area contributed by atoms with Crippen LogP contribution in [0.5, 0.6) is 11.5 Å². The smallest absolute Gasteiger partial charge is 0.319 e. The molecule has 0 spiro atoms. The molecule has 2 aromatic rings. The fourth-order valence-electron chi connectivity index (χ4n) is 5.69. The zero-order chi connectivity index (χ0) is 31.7. The molecule has 0 aliphatic heterocycles. The highest BCUT2D eigenvalue weighted by Crippen LogP contribution is 2.52. The molecule has 0 radical (unpaired) electrons. The minimum absolute atomic E-state index is 0.114. The average molecular weight is 565 g/mol. The number of allylic oxidation sites excluding steroid dienone is 1. The van der Waals surface area contributed by atoms with Crippen LogP contribution in [0.15, 0.2) is 47.9 Å². The molecule has 0 saturated carbocycles. The molecular weight excluding hydrogens is 516 g/mol. The van der Waals surface area contributed by atoms with E-state index in [1.165, 1.54) is 12.2 Å². The predicted molar refractivity (Wildman–Crippen MR) is 164 cm³/mol. The molecular formula is C35H48O6. The van der Waals surface area contributed by atoms with Crippen LogP contribution in [0.3, 0.4) is 0 Å². The Kier molecular flexibility index (Phi) is 7.72. The van der Waals surface area contributed by atoms with E-state index in [0.29, 0.717) is 33.4 Å². The van der Waals surface area contributed by atoms with Crippen LogP contribution in [-0.2, 0) is 31.9 Å².